The van der Waals surface area contributed by atoms with Crippen LogP contribution in [0.25, 0.3) is 11.7 Å². The molecule has 8 heteroatoms. The van der Waals surface area contributed by atoms with Crippen molar-refractivity contribution in [3.05, 3.63) is 74.5 Å². The SMILES string of the molecule is Cc1cccc(Oc2nc3ccccn3c(=O)c2/C=C2/SC(=S)N(CC(C)C)C2=O)c1C. The minimum Gasteiger partial charge on any atom is -0.438 e. The van der Waals surface area contributed by atoms with Gasteiger partial charge >= 0.3 is 0 Å². The van der Waals surface area contributed by atoms with Crippen molar-refractivity contribution < 1.29 is 9.53 Å². The molecule has 1 saturated heterocycles. The average molecular weight is 466 g/mol. The topological polar surface area (TPSA) is 63.9 Å². The second-order valence-corrected chi connectivity index (χ2v) is 9.73. The molecule has 1 amide bonds. The van der Waals surface area contributed by atoms with E-state index in [9.17, 15) is 9.59 Å². The third-order valence-corrected chi connectivity index (χ3v) is 6.57. The zero-order chi connectivity index (χ0) is 23.0. The molecule has 0 atom stereocenters. The molecule has 32 heavy (non-hydrogen) atoms. The number of hydrogen-bond donors (Lipinski definition) is 0. The van der Waals surface area contributed by atoms with E-state index < -0.39 is 0 Å². The molecule has 1 aromatic carbocycles. The van der Waals surface area contributed by atoms with Crippen LogP contribution in [0.15, 0.2) is 52.3 Å². The first-order valence-corrected chi connectivity index (χ1v) is 11.5. The smallest absolute Gasteiger partial charge is 0.269 e. The third kappa shape index (κ3) is 4.20. The van der Waals surface area contributed by atoms with Gasteiger partial charge in [0, 0.05) is 12.7 Å². The fourth-order valence-corrected chi connectivity index (χ4v) is 4.63. The molecule has 0 bridgehead atoms. The van der Waals surface area contributed by atoms with Crippen molar-refractivity contribution in [2.45, 2.75) is 27.7 Å². The van der Waals surface area contributed by atoms with Crippen LogP contribution in [0, 0.1) is 19.8 Å². The van der Waals surface area contributed by atoms with Gasteiger partial charge in [-0.05, 0) is 55.2 Å². The van der Waals surface area contributed by atoms with Crippen molar-refractivity contribution in [2.75, 3.05) is 6.54 Å². The lowest BCUT2D eigenvalue weighted by molar-refractivity contribution is -0.122. The van der Waals surface area contributed by atoms with Crippen LogP contribution in [0.2, 0.25) is 0 Å². The van der Waals surface area contributed by atoms with Crippen molar-refractivity contribution in [3.63, 3.8) is 0 Å². The summed E-state index contributed by atoms with van der Waals surface area (Å²) in [4.78, 5) is 32.9. The number of benzene rings is 1. The number of carbonyl (C=O) groups is 1. The second-order valence-electron chi connectivity index (χ2n) is 8.05. The number of thioether (sulfide) groups is 1. The molecule has 164 valence electrons. The molecule has 0 unspecified atom stereocenters. The standard InChI is InChI=1S/C24H23N3O3S2/c1-14(2)13-27-23(29)19(32-24(27)31)12-17-21(30-18-9-7-8-15(3)16(18)4)25-20-10-5-6-11-26(20)22(17)28/h5-12,14H,13H2,1-4H3/b19-12+. The van der Waals surface area contributed by atoms with Gasteiger partial charge in [-0.1, -0.05) is 56.0 Å². The van der Waals surface area contributed by atoms with E-state index in [1.54, 1.807) is 35.4 Å². The van der Waals surface area contributed by atoms with E-state index in [0.29, 0.717) is 27.2 Å². The summed E-state index contributed by atoms with van der Waals surface area (Å²) in [5, 5.41) is 0. The first kappa shape index (κ1) is 22.2. The maximum Gasteiger partial charge on any atom is 0.269 e. The molecule has 1 aliphatic rings. The lowest BCUT2D eigenvalue weighted by atomic mass is 10.1. The first-order valence-electron chi connectivity index (χ1n) is 10.3. The Morgan fingerprint density at radius 1 is 1.16 bits per heavy atom. The van der Waals surface area contributed by atoms with Gasteiger partial charge in [-0.3, -0.25) is 18.9 Å². The molecule has 0 saturated carbocycles. The first-order chi connectivity index (χ1) is 15.3. The van der Waals surface area contributed by atoms with Gasteiger partial charge in [0.15, 0.2) is 0 Å². The van der Waals surface area contributed by atoms with Crippen molar-refractivity contribution in [2.24, 2.45) is 5.92 Å². The Kier molecular flexibility index (Phi) is 6.17. The van der Waals surface area contributed by atoms with Gasteiger partial charge in [0.2, 0.25) is 5.88 Å². The van der Waals surface area contributed by atoms with Crippen LogP contribution in [-0.2, 0) is 4.79 Å². The van der Waals surface area contributed by atoms with E-state index in [0.717, 1.165) is 11.1 Å². The molecule has 0 N–H and O–H groups in total. The predicted molar refractivity (Wildman–Crippen MR) is 132 cm³/mol. The maximum absolute atomic E-state index is 13.4. The Bertz CT molecular complexity index is 1330. The van der Waals surface area contributed by atoms with E-state index in [1.807, 2.05) is 45.9 Å². The predicted octanol–water partition coefficient (Wildman–Crippen LogP) is 4.96. The number of pyridine rings is 1. The minimum absolute atomic E-state index is 0.157. The summed E-state index contributed by atoms with van der Waals surface area (Å²) in [5.41, 5.74) is 2.37. The second kappa shape index (κ2) is 8.88. The van der Waals surface area contributed by atoms with E-state index >= 15 is 0 Å². The average Bonchev–Trinajstić information content (AvgIpc) is 3.01. The van der Waals surface area contributed by atoms with Crippen LogP contribution >= 0.6 is 24.0 Å². The van der Waals surface area contributed by atoms with E-state index in [4.69, 9.17) is 17.0 Å². The summed E-state index contributed by atoms with van der Waals surface area (Å²) >= 11 is 6.60. The van der Waals surface area contributed by atoms with Gasteiger partial charge in [0.25, 0.3) is 11.5 Å². The molecule has 6 nitrogen and oxygen atoms in total. The van der Waals surface area contributed by atoms with Crippen molar-refractivity contribution >= 4 is 45.9 Å². The summed E-state index contributed by atoms with van der Waals surface area (Å²) in [6, 6.07) is 11.0. The number of nitrogens with zero attached hydrogens (tertiary/aromatic N) is 3. The van der Waals surface area contributed by atoms with Crippen LogP contribution in [0.3, 0.4) is 0 Å². The number of fused-ring (bicyclic) bond motifs is 1. The van der Waals surface area contributed by atoms with Crippen LogP contribution < -0.4 is 10.3 Å². The number of aryl methyl sites for hydroxylation is 1. The zero-order valence-electron chi connectivity index (χ0n) is 18.3. The Morgan fingerprint density at radius 2 is 1.94 bits per heavy atom. The molecule has 3 heterocycles. The van der Waals surface area contributed by atoms with Gasteiger partial charge in [0.1, 0.15) is 21.3 Å². The van der Waals surface area contributed by atoms with E-state index in [2.05, 4.69) is 4.98 Å². The molecule has 1 fully saturated rings. The number of amides is 1. The fraction of sp³-hybridized carbons (Fsp3) is 0.250. The highest BCUT2D eigenvalue weighted by Gasteiger charge is 2.33. The van der Waals surface area contributed by atoms with Gasteiger partial charge in [-0.2, -0.15) is 4.98 Å². The van der Waals surface area contributed by atoms with Crippen LogP contribution in [0.1, 0.15) is 30.5 Å². The van der Waals surface area contributed by atoms with E-state index in [-0.39, 0.29) is 28.8 Å². The highest BCUT2D eigenvalue weighted by Crippen LogP contribution is 2.35. The van der Waals surface area contributed by atoms with Gasteiger partial charge in [-0.25, -0.2) is 0 Å². The third-order valence-electron chi connectivity index (χ3n) is 5.19. The fourth-order valence-electron chi connectivity index (χ4n) is 3.38. The largest absolute Gasteiger partial charge is 0.438 e. The molecule has 4 rings (SSSR count). The zero-order valence-corrected chi connectivity index (χ0v) is 19.9. The van der Waals surface area contributed by atoms with Gasteiger partial charge in [0.05, 0.1) is 4.91 Å². The Morgan fingerprint density at radius 3 is 2.69 bits per heavy atom. The number of aromatic nitrogens is 2. The lowest BCUT2D eigenvalue weighted by Gasteiger charge is -2.16. The Labute approximate surface area is 195 Å². The Hall–Kier alpha value is -2.97. The molecular formula is C24H23N3O3S2. The molecule has 0 aliphatic carbocycles. The number of rotatable bonds is 5. The minimum atomic E-state index is -0.315. The highest BCUT2D eigenvalue weighted by atomic mass is 32.2. The summed E-state index contributed by atoms with van der Waals surface area (Å²) in [7, 11) is 0. The number of carbonyl (C=O) groups excluding carboxylic acids is 1. The molecular weight excluding hydrogens is 442 g/mol. The molecule has 1 aliphatic heterocycles. The summed E-state index contributed by atoms with van der Waals surface area (Å²) < 4.78 is 8.07. The number of hydrogen-bond acceptors (Lipinski definition) is 6. The number of ether oxygens (including phenoxy) is 1. The van der Waals surface area contributed by atoms with Crippen molar-refractivity contribution in [3.8, 4) is 11.6 Å². The van der Waals surface area contributed by atoms with Crippen LogP contribution in [-0.4, -0.2) is 31.1 Å². The summed E-state index contributed by atoms with van der Waals surface area (Å²) in [6.45, 7) is 8.53. The van der Waals surface area contributed by atoms with Crippen molar-refractivity contribution in [1.29, 1.82) is 0 Å². The van der Waals surface area contributed by atoms with E-state index in [1.165, 1.54) is 16.2 Å². The van der Waals surface area contributed by atoms with Crippen molar-refractivity contribution in [1.82, 2.24) is 14.3 Å². The van der Waals surface area contributed by atoms with Crippen LogP contribution in [0.4, 0.5) is 0 Å². The molecule has 3 aromatic rings. The molecule has 0 spiro atoms. The monoisotopic (exact) mass is 465 g/mol. The molecule has 0 radical (unpaired) electrons. The summed E-state index contributed by atoms with van der Waals surface area (Å²) in [6.07, 6.45) is 3.20. The maximum atomic E-state index is 13.4. The lowest BCUT2D eigenvalue weighted by Crippen LogP contribution is -2.31. The Balaban J connectivity index is 1.86. The quantitative estimate of drug-likeness (QED) is 0.392. The normalized spacial score (nSPS) is 15.4. The summed E-state index contributed by atoms with van der Waals surface area (Å²) in [5.74, 6) is 0.833. The van der Waals surface area contributed by atoms with Gasteiger partial charge in [-0.15, -0.1) is 0 Å². The number of thiocarbonyl (C=S) groups is 1. The van der Waals surface area contributed by atoms with Crippen LogP contribution in [0.5, 0.6) is 11.6 Å². The van der Waals surface area contributed by atoms with Gasteiger partial charge < -0.3 is 4.74 Å². The molecule has 2 aromatic heterocycles. The highest BCUT2D eigenvalue weighted by molar-refractivity contribution is 8.26.